The van der Waals surface area contributed by atoms with E-state index in [4.69, 9.17) is 4.52 Å². The van der Waals surface area contributed by atoms with Gasteiger partial charge in [-0.05, 0) is 48.5 Å². The molecular formula is C21H19F3N4O2. The summed E-state index contributed by atoms with van der Waals surface area (Å²) >= 11 is 0. The fourth-order valence-electron chi connectivity index (χ4n) is 3.39. The second-order valence-corrected chi connectivity index (χ2v) is 7.04. The second-order valence-electron chi connectivity index (χ2n) is 7.04. The molecule has 1 saturated heterocycles. The number of halogens is 3. The Balaban J connectivity index is 1.37. The van der Waals surface area contributed by atoms with E-state index >= 15 is 0 Å². The Labute approximate surface area is 170 Å². The maximum Gasteiger partial charge on any atom is 0.416 e. The SMILES string of the molecule is Cc1nc(-c2ccc(N3CCN(C(=O)c4ccc(C(F)(F)F)cc4)CC3)cc2)no1. The molecule has 0 atom stereocenters. The van der Waals surface area contributed by atoms with Crippen molar-refractivity contribution in [3.8, 4) is 11.4 Å². The standard InChI is InChI=1S/C21H19F3N4O2/c1-14-25-19(26-30-14)15-4-8-18(9-5-15)27-10-12-28(13-11-27)20(29)16-2-6-17(7-3-16)21(22,23)24/h2-9H,10-13H2,1H3. The highest BCUT2D eigenvalue weighted by molar-refractivity contribution is 5.94. The number of aromatic nitrogens is 2. The minimum atomic E-state index is -4.41. The average Bonchev–Trinajstić information content (AvgIpc) is 3.19. The van der Waals surface area contributed by atoms with Gasteiger partial charge in [0, 0.05) is 49.9 Å². The third-order valence-corrected chi connectivity index (χ3v) is 5.04. The lowest BCUT2D eigenvalue weighted by molar-refractivity contribution is -0.137. The van der Waals surface area contributed by atoms with E-state index in [1.165, 1.54) is 12.1 Å². The van der Waals surface area contributed by atoms with Crippen LogP contribution in [0.4, 0.5) is 18.9 Å². The van der Waals surface area contributed by atoms with Gasteiger partial charge in [-0.15, -0.1) is 0 Å². The Morgan fingerprint density at radius 1 is 0.967 bits per heavy atom. The molecule has 0 aliphatic carbocycles. The summed E-state index contributed by atoms with van der Waals surface area (Å²) < 4.78 is 43.1. The molecule has 0 spiro atoms. The van der Waals surface area contributed by atoms with E-state index in [0.29, 0.717) is 37.9 Å². The number of hydrogen-bond acceptors (Lipinski definition) is 5. The largest absolute Gasteiger partial charge is 0.416 e. The van der Waals surface area contributed by atoms with Crippen LogP contribution >= 0.6 is 0 Å². The molecule has 0 radical (unpaired) electrons. The van der Waals surface area contributed by atoms with E-state index in [1.807, 2.05) is 24.3 Å². The summed E-state index contributed by atoms with van der Waals surface area (Å²) in [5, 5.41) is 3.90. The van der Waals surface area contributed by atoms with Gasteiger partial charge in [0.15, 0.2) is 0 Å². The van der Waals surface area contributed by atoms with Crippen molar-refractivity contribution in [3.63, 3.8) is 0 Å². The van der Waals surface area contributed by atoms with Crippen LogP contribution in [0.15, 0.2) is 53.1 Å². The maximum atomic E-state index is 12.7. The molecule has 30 heavy (non-hydrogen) atoms. The van der Waals surface area contributed by atoms with Crippen LogP contribution in [0.25, 0.3) is 11.4 Å². The molecule has 0 unspecified atom stereocenters. The number of nitrogens with zero attached hydrogens (tertiary/aromatic N) is 4. The van der Waals surface area contributed by atoms with Crippen LogP contribution in [0.1, 0.15) is 21.8 Å². The number of hydrogen-bond donors (Lipinski definition) is 0. The summed E-state index contributed by atoms with van der Waals surface area (Å²) in [4.78, 5) is 20.6. The van der Waals surface area contributed by atoms with Gasteiger partial charge in [-0.3, -0.25) is 4.79 Å². The van der Waals surface area contributed by atoms with Crippen LogP contribution in [-0.2, 0) is 6.18 Å². The highest BCUT2D eigenvalue weighted by atomic mass is 19.4. The zero-order valence-electron chi connectivity index (χ0n) is 16.2. The number of carbonyl (C=O) groups excluding carboxylic acids is 1. The number of carbonyl (C=O) groups is 1. The van der Waals surface area contributed by atoms with Crippen LogP contribution in [0.3, 0.4) is 0 Å². The van der Waals surface area contributed by atoms with Crippen LogP contribution in [0, 0.1) is 6.92 Å². The molecule has 1 aromatic heterocycles. The van der Waals surface area contributed by atoms with Gasteiger partial charge < -0.3 is 14.3 Å². The normalized spacial score (nSPS) is 14.8. The van der Waals surface area contributed by atoms with Gasteiger partial charge in [0.2, 0.25) is 11.7 Å². The van der Waals surface area contributed by atoms with E-state index in [2.05, 4.69) is 15.0 Å². The number of alkyl halides is 3. The Morgan fingerprint density at radius 3 is 2.13 bits per heavy atom. The second kappa shape index (κ2) is 7.81. The maximum absolute atomic E-state index is 12.7. The Kier molecular flexibility index (Phi) is 5.19. The van der Waals surface area contributed by atoms with E-state index < -0.39 is 11.7 Å². The summed E-state index contributed by atoms with van der Waals surface area (Å²) in [5.74, 6) is 0.778. The summed E-state index contributed by atoms with van der Waals surface area (Å²) in [5.41, 5.74) is 1.37. The monoisotopic (exact) mass is 416 g/mol. The topological polar surface area (TPSA) is 62.5 Å². The molecule has 1 aliphatic rings. The molecule has 156 valence electrons. The lowest BCUT2D eigenvalue weighted by Crippen LogP contribution is -2.48. The van der Waals surface area contributed by atoms with E-state index in [-0.39, 0.29) is 11.5 Å². The van der Waals surface area contributed by atoms with E-state index in [1.54, 1.807) is 11.8 Å². The molecule has 1 amide bonds. The van der Waals surface area contributed by atoms with Crippen LogP contribution in [-0.4, -0.2) is 47.1 Å². The minimum absolute atomic E-state index is 0.258. The van der Waals surface area contributed by atoms with Crippen molar-refractivity contribution in [2.45, 2.75) is 13.1 Å². The molecule has 1 fully saturated rings. The quantitative estimate of drug-likeness (QED) is 0.645. The molecule has 0 saturated carbocycles. The molecule has 1 aliphatic heterocycles. The first-order chi connectivity index (χ1) is 14.3. The van der Waals surface area contributed by atoms with Crippen molar-refractivity contribution in [2.75, 3.05) is 31.1 Å². The molecule has 2 aromatic carbocycles. The first-order valence-electron chi connectivity index (χ1n) is 9.43. The van der Waals surface area contributed by atoms with Crippen molar-refractivity contribution in [1.82, 2.24) is 15.0 Å². The molecule has 4 rings (SSSR count). The number of amides is 1. The summed E-state index contributed by atoms with van der Waals surface area (Å²) in [7, 11) is 0. The van der Waals surface area contributed by atoms with Gasteiger partial charge in [-0.2, -0.15) is 18.2 Å². The van der Waals surface area contributed by atoms with E-state index in [9.17, 15) is 18.0 Å². The molecule has 9 heteroatoms. The first kappa shape index (κ1) is 19.9. The lowest BCUT2D eigenvalue weighted by atomic mass is 10.1. The van der Waals surface area contributed by atoms with Crippen LogP contribution < -0.4 is 4.90 Å². The van der Waals surface area contributed by atoms with Crippen molar-refractivity contribution in [1.29, 1.82) is 0 Å². The number of piperazine rings is 1. The van der Waals surface area contributed by atoms with Gasteiger partial charge in [-0.25, -0.2) is 0 Å². The number of rotatable bonds is 3. The lowest BCUT2D eigenvalue weighted by Gasteiger charge is -2.36. The highest BCUT2D eigenvalue weighted by Crippen LogP contribution is 2.29. The molecule has 6 nitrogen and oxygen atoms in total. The van der Waals surface area contributed by atoms with Gasteiger partial charge in [-0.1, -0.05) is 5.16 Å². The number of benzene rings is 2. The van der Waals surface area contributed by atoms with Crippen LogP contribution in [0.2, 0.25) is 0 Å². The van der Waals surface area contributed by atoms with Crippen LogP contribution in [0.5, 0.6) is 0 Å². The molecule has 0 bridgehead atoms. The first-order valence-corrected chi connectivity index (χ1v) is 9.43. The van der Waals surface area contributed by atoms with Crippen molar-refractivity contribution < 1.29 is 22.5 Å². The van der Waals surface area contributed by atoms with Crippen molar-refractivity contribution in [2.24, 2.45) is 0 Å². The number of aryl methyl sites for hydroxylation is 1. The van der Waals surface area contributed by atoms with Gasteiger partial charge >= 0.3 is 6.18 Å². The Bertz CT molecular complexity index is 1020. The zero-order valence-corrected chi connectivity index (χ0v) is 16.2. The van der Waals surface area contributed by atoms with Gasteiger partial charge in [0.1, 0.15) is 0 Å². The predicted molar refractivity (Wildman–Crippen MR) is 104 cm³/mol. The fourth-order valence-corrected chi connectivity index (χ4v) is 3.39. The summed E-state index contributed by atoms with van der Waals surface area (Å²) in [6, 6.07) is 12.1. The number of anilines is 1. The van der Waals surface area contributed by atoms with Crippen molar-refractivity contribution >= 4 is 11.6 Å². The fraction of sp³-hybridized carbons (Fsp3) is 0.286. The van der Waals surface area contributed by atoms with Gasteiger partial charge in [0.05, 0.1) is 5.56 Å². The summed E-state index contributed by atoms with van der Waals surface area (Å²) in [6.45, 7) is 3.98. The Hall–Kier alpha value is -3.36. The third-order valence-electron chi connectivity index (χ3n) is 5.04. The molecule has 3 aromatic rings. The highest BCUT2D eigenvalue weighted by Gasteiger charge is 2.30. The van der Waals surface area contributed by atoms with Crippen molar-refractivity contribution in [3.05, 3.63) is 65.5 Å². The predicted octanol–water partition coefficient (Wildman–Crippen LogP) is 4.03. The Morgan fingerprint density at radius 2 is 1.60 bits per heavy atom. The van der Waals surface area contributed by atoms with E-state index in [0.717, 1.165) is 23.4 Å². The zero-order chi connectivity index (χ0) is 21.3. The van der Waals surface area contributed by atoms with Gasteiger partial charge in [0.25, 0.3) is 5.91 Å². The smallest absolute Gasteiger partial charge is 0.368 e. The minimum Gasteiger partial charge on any atom is -0.368 e. The third kappa shape index (κ3) is 4.14. The molecular weight excluding hydrogens is 397 g/mol. The summed E-state index contributed by atoms with van der Waals surface area (Å²) in [6.07, 6.45) is -4.41. The molecule has 2 heterocycles. The molecule has 0 N–H and O–H groups in total. The average molecular weight is 416 g/mol.